The summed E-state index contributed by atoms with van der Waals surface area (Å²) in [5.41, 5.74) is 0.322. The second-order valence-corrected chi connectivity index (χ2v) is 6.09. The number of aliphatic hydroxyl groups excluding tert-OH is 1. The van der Waals surface area contributed by atoms with Crippen molar-refractivity contribution in [3.8, 4) is 0 Å². The summed E-state index contributed by atoms with van der Waals surface area (Å²) < 4.78 is 11.3. The molecule has 0 amide bonds. The Bertz CT molecular complexity index is 450. The molecular formula is C18H28O4. The Kier molecular flexibility index (Phi) is 6.75. The Morgan fingerprint density at radius 3 is 2.32 bits per heavy atom. The first kappa shape index (κ1) is 18.8. The van der Waals surface area contributed by atoms with Gasteiger partial charge >= 0.3 is 0 Å². The summed E-state index contributed by atoms with van der Waals surface area (Å²) in [6.07, 6.45) is 7.54. The van der Waals surface area contributed by atoms with Crippen molar-refractivity contribution in [1.29, 1.82) is 0 Å². The summed E-state index contributed by atoms with van der Waals surface area (Å²) in [4.78, 5) is 0. The van der Waals surface area contributed by atoms with E-state index in [4.69, 9.17) is 9.47 Å². The number of ether oxygens (including phenoxy) is 2. The van der Waals surface area contributed by atoms with Crippen LogP contribution in [0.15, 0.2) is 48.6 Å². The Hall–Kier alpha value is -1.20. The summed E-state index contributed by atoms with van der Waals surface area (Å²) in [6, 6.07) is 0. The fraction of sp³-hybridized carbons (Fsp3) is 0.556. The van der Waals surface area contributed by atoms with Crippen molar-refractivity contribution < 1.29 is 19.7 Å². The molecule has 0 aliphatic carbocycles. The number of rotatable bonds is 7. The van der Waals surface area contributed by atoms with Crippen LogP contribution in [0.5, 0.6) is 0 Å². The molecule has 0 aromatic heterocycles. The molecule has 4 heteroatoms. The van der Waals surface area contributed by atoms with Crippen LogP contribution in [-0.4, -0.2) is 41.4 Å². The van der Waals surface area contributed by atoms with Crippen LogP contribution in [0.1, 0.15) is 27.2 Å². The van der Waals surface area contributed by atoms with Crippen molar-refractivity contribution in [2.45, 2.75) is 38.6 Å². The van der Waals surface area contributed by atoms with Crippen LogP contribution in [0.4, 0.5) is 0 Å². The Labute approximate surface area is 133 Å². The van der Waals surface area contributed by atoms with Gasteiger partial charge in [0.05, 0.1) is 13.2 Å². The van der Waals surface area contributed by atoms with E-state index in [1.54, 1.807) is 18.2 Å². The molecule has 22 heavy (non-hydrogen) atoms. The average molecular weight is 308 g/mol. The fourth-order valence-corrected chi connectivity index (χ4v) is 2.44. The van der Waals surface area contributed by atoms with Crippen molar-refractivity contribution >= 4 is 0 Å². The summed E-state index contributed by atoms with van der Waals surface area (Å²) in [6.45, 7) is 13.5. The topological polar surface area (TPSA) is 58.9 Å². The van der Waals surface area contributed by atoms with E-state index in [9.17, 15) is 10.2 Å². The van der Waals surface area contributed by atoms with Gasteiger partial charge in [-0.05, 0) is 37.3 Å². The van der Waals surface area contributed by atoms with Gasteiger partial charge in [0.15, 0.2) is 5.79 Å². The molecule has 1 aliphatic heterocycles. The van der Waals surface area contributed by atoms with E-state index < -0.39 is 11.4 Å². The lowest BCUT2D eigenvalue weighted by atomic mass is 9.83. The van der Waals surface area contributed by atoms with Gasteiger partial charge in [0, 0.05) is 6.61 Å². The standard InChI is InChI=1S/C18H28O4/c1-6-8-9-16(15(7-2)14(3)10-11-19)18(20)12-21-17(4,5)22-13-18/h6-9,14,19-20H,1-2,10-13H2,3-5H3/b9-8-,16-15-. The minimum atomic E-state index is -1.25. The van der Waals surface area contributed by atoms with Crippen molar-refractivity contribution in [2.24, 2.45) is 5.92 Å². The van der Waals surface area contributed by atoms with Crippen molar-refractivity contribution in [1.82, 2.24) is 0 Å². The Morgan fingerprint density at radius 2 is 1.86 bits per heavy atom. The molecule has 0 aromatic rings. The molecule has 1 atom stereocenters. The van der Waals surface area contributed by atoms with Gasteiger partial charge in [0.1, 0.15) is 5.60 Å². The second-order valence-electron chi connectivity index (χ2n) is 6.09. The fourth-order valence-electron chi connectivity index (χ4n) is 2.44. The Morgan fingerprint density at radius 1 is 1.27 bits per heavy atom. The quantitative estimate of drug-likeness (QED) is 0.710. The predicted octanol–water partition coefficient (Wildman–Crippen LogP) is 2.74. The van der Waals surface area contributed by atoms with E-state index in [-0.39, 0.29) is 25.7 Å². The summed E-state index contributed by atoms with van der Waals surface area (Å²) in [5.74, 6) is -0.643. The first-order valence-corrected chi connectivity index (χ1v) is 7.57. The Balaban J connectivity index is 3.24. The van der Waals surface area contributed by atoms with E-state index in [1.165, 1.54) is 0 Å². The van der Waals surface area contributed by atoms with Gasteiger partial charge in [-0.2, -0.15) is 0 Å². The van der Waals surface area contributed by atoms with Gasteiger partial charge in [0.25, 0.3) is 0 Å². The molecule has 1 fully saturated rings. The highest BCUT2D eigenvalue weighted by Gasteiger charge is 2.41. The van der Waals surface area contributed by atoms with Crippen LogP contribution in [0.3, 0.4) is 0 Å². The summed E-state index contributed by atoms with van der Waals surface area (Å²) in [7, 11) is 0. The average Bonchev–Trinajstić information content (AvgIpc) is 2.47. The lowest BCUT2D eigenvalue weighted by Crippen LogP contribution is -2.52. The second kappa shape index (κ2) is 7.88. The predicted molar refractivity (Wildman–Crippen MR) is 88.4 cm³/mol. The zero-order valence-electron chi connectivity index (χ0n) is 13.8. The third kappa shape index (κ3) is 4.65. The largest absolute Gasteiger partial charge is 0.396 e. The smallest absolute Gasteiger partial charge is 0.163 e. The van der Waals surface area contributed by atoms with Crippen LogP contribution in [-0.2, 0) is 9.47 Å². The van der Waals surface area contributed by atoms with Crippen LogP contribution >= 0.6 is 0 Å². The first-order chi connectivity index (χ1) is 10.3. The maximum atomic E-state index is 11.0. The monoisotopic (exact) mass is 308 g/mol. The lowest BCUT2D eigenvalue weighted by molar-refractivity contribution is -0.292. The van der Waals surface area contributed by atoms with Gasteiger partial charge < -0.3 is 19.7 Å². The maximum absolute atomic E-state index is 11.0. The molecule has 1 unspecified atom stereocenters. The molecule has 0 bridgehead atoms. The van der Waals surface area contributed by atoms with Gasteiger partial charge in [-0.1, -0.05) is 44.4 Å². The third-order valence-corrected chi connectivity index (χ3v) is 3.84. The molecule has 2 N–H and O–H groups in total. The van der Waals surface area contributed by atoms with E-state index in [0.29, 0.717) is 12.0 Å². The minimum Gasteiger partial charge on any atom is -0.396 e. The van der Waals surface area contributed by atoms with E-state index in [0.717, 1.165) is 5.57 Å². The molecule has 0 aromatic carbocycles. The zero-order chi connectivity index (χ0) is 16.8. The number of hydrogen-bond donors (Lipinski definition) is 2. The van der Waals surface area contributed by atoms with E-state index in [2.05, 4.69) is 13.2 Å². The van der Waals surface area contributed by atoms with Crippen LogP contribution < -0.4 is 0 Å². The zero-order valence-corrected chi connectivity index (χ0v) is 13.8. The summed E-state index contributed by atoms with van der Waals surface area (Å²) in [5, 5.41) is 20.2. The molecule has 4 nitrogen and oxygen atoms in total. The van der Waals surface area contributed by atoms with Gasteiger partial charge in [0.2, 0.25) is 0 Å². The molecule has 0 saturated carbocycles. The summed E-state index contributed by atoms with van der Waals surface area (Å²) >= 11 is 0. The number of hydrogen-bond acceptors (Lipinski definition) is 4. The molecular weight excluding hydrogens is 280 g/mol. The number of aliphatic hydroxyl groups is 2. The van der Waals surface area contributed by atoms with E-state index in [1.807, 2.05) is 26.8 Å². The van der Waals surface area contributed by atoms with Crippen LogP contribution in [0, 0.1) is 5.92 Å². The molecule has 1 aliphatic rings. The van der Waals surface area contributed by atoms with Gasteiger partial charge in [-0.3, -0.25) is 0 Å². The molecule has 0 spiro atoms. The molecule has 1 rings (SSSR count). The van der Waals surface area contributed by atoms with Crippen LogP contribution in [0.2, 0.25) is 0 Å². The van der Waals surface area contributed by atoms with E-state index >= 15 is 0 Å². The van der Waals surface area contributed by atoms with Gasteiger partial charge in [-0.25, -0.2) is 0 Å². The maximum Gasteiger partial charge on any atom is 0.163 e. The minimum absolute atomic E-state index is 0.0610. The van der Waals surface area contributed by atoms with Crippen molar-refractivity contribution in [3.63, 3.8) is 0 Å². The normalized spacial score (nSPS) is 23.0. The lowest BCUT2D eigenvalue weighted by Gasteiger charge is -2.42. The molecule has 124 valence electrons. The highest BCUT2D eigenvalue weighted by atomic mass is 16.7. The third-order valence-electron chi connectivity index (χ3n) is 3.84. The number of allylic oxidation sites excluding steroid dienone is 4. The highest BCUT2D eigenvalue weighted by Crippen LogP contribution is 2.34. The molecule has 1 saturated heterocycles. The molecule has 1 heterocycles. The van der Waals surface area contributed by atoms with Gasteiger partial charge in [-0.15, -0.1) is 0 Å². The highest BCUT2D eigenvalue weighted by molar-refractivity contribution is 5.41. The van der Waals surface area contributed by atoms with Crippen LogP contribution in [0.25, 0.3) is 0 Å². The van der Waals surface area contributed by atoms with Crippen molar-refractivity contribution in [3.05, 3.63) is 48.6 Å². The first-order valence-electron chi connectivity index (χ1n) is 7.57. The van der Waals surface area contributed by atoms with Crippen molar-refractivity contribution in [2.75, 3.05) is 19.8 Å². The molecule has 0 radical (unpaired) electrons. The SMILES string of the molecule is C=C/C=C\C(=C(/C=C)C(C)CCO)C1(O)COC(C)(C)OC1.